The molecule has 1 aliphatic carbocycles. The molecule has 0 bridgehead atoms. The molecule has 0 aliphatic heterocycles. The van der Waals surface area contributed by atoms with Crippen LogP contribution in [0, 0.1) is 0 Å². The first-order valence-corrected chi connectivity index (χ1v) is 5.93. The fourth-order valence-corrected chi connectivity index (χ4v) is 2.22. The molecule has 10 heteroatoms. The van der Waals surface area contributed by atoms with Gasteiger partial charge in [-0.2, -0.15) is 35.7 Å². The molecule has 1 aliphatic rings. The molecular formula is C11H9F7N2O. The van der Waals surface area contributed by atoms with Crippen LogP contribution in [0.5, 0.6) is 0 Å². The fraction of sp³-hybridized carbons (Fsp3) is 0.636. The second-order valence-electron chi connectivity index (χ2n) is 4.70. The van der Waals surface area contributed by atoms with Gasteiger partial charge in [0.15, 0.2) is 0 Å². The maximum atomic E-state index is 13.7. The number of hydrogen-bond donors (Lipinski definition) is 1. The highest BCUT2D eigenvalue weighted by Gasteiger charge is 2.74. The Bertz CT molecular complexity index is 606. The van der Waals surface area contributed by atoms with E-state index in [2.05, 4.69) is 9.97 Å². The van der Waals surface area contributed by atoms with Gasteiger partial charge < -0.3 is 4.98 Å². The third kappa shape index (κ3) is 2.40. The van der Waals surface area contributed by atoms with Gasteiger partial charge in [-0.15, -0.1) is 0 Å². The van der Waals surface area contributed by atoms with Crippen LogP contribution in [0.3, 0.4) is 0 Å². The average molecular weight is 318 g/mol. The Balaban J connectivity index is 2.65. The van der Waals surface area contributed by atoms with E-state index in [4.69, 9.17) is 0 Å². The summed E-state index contributed by atoms with van der Waals surface area (Å²) in [4.78, 5) is 16.0. The van der Waals surface area contributed by atoms with Crippen molar-refractivity contribution in [1.29, 1.82) is 0 Å². The van der Waals surface area contributed by atoms with Gasteiger partial charge in [0.1, 0.15) is 5.69 Å². The number of aromatic amines is 1. The Hall–Kier alpha value is -1.61. The van der Waals surface area contributed by atoms with Crippen LogP contribution in [0.4, 0.5) is 30.7 Å². The molecule has 1 aromatic heterocycles. The maximum Gasteiger partial charge on any atom is 0.460 e. The van der Waals surface area contributed by atoms with Crippen LogP contribution in [0.1, 0.15) is 29.8 Å². The molecule has 0 unspecified atom stereocenters. The van der Waals surface area contributed by atoms with E-state index in [1.54, 1.807) is 0 Å². The number of fused-ring (bicyclic) bond motifs is 1. The quantitative estimate of drug-likeness (QED) is 0.852. The van der Waals surface area contributed by atoms with Gasteiger partial charge in [-0.25, -0.2) is 4.79 Å². The van der Waals surface area contributed by atoms with E-state index in [-0.39, 0.29) is 18.5 Å². The SMILES string of the molecule is O=c1nc(C(F)(F)C(F)(F)C(F)(F)F)c2c([nH]1)CCCC2. The van der Waals surface area contributed by atoms with Crippen molar-refractivity contribution in [3.8, 4) is 0 Å². The molecule has 0 saturated carbocycles. The molecule has 0 aromatic carbocycles. The summed E-state index contributed by atoms with van der Waals surface area (Å²) < 4.78 is 90.2. The lowest BCUT2D eigenvalue weighted by molar-refractivity contribution is -0.360. The highest BCUT2D eigenvalue weighted by molar-refractivity contribution is 5.31. The molecule has 3 nitrogen and oxygen atoms in total. The van der Waals surface area contributed by atoms with E-state index in [1.165, 1.54) is 0 Å². The normalized spacial score (nSPS) is 16.7. The minimum absolute atomic E-state index is 0.0612. The first-order valence-electron chi connectivity index (χ1n) is 5.93. The molecule has 2 rings (SSSR count). The standard InChI is InChI=1S/C11H9F7N2O/c12-9(13,10(14,15)11(16,17)18)7-5-3-1-2-4-6(5)19-8(21)20-7/h1-4H2,(H,19,20,21). The van der Waals surface area contributed by atoms with Crippen LogP contribution in [-0.2, 0) is 18.8 Å². The summed E-state index contributed by atoms with van der Waals surface area (Å²) >= 11 is 0. The van der Waals surface area contributed by atoms with E-state index >= 15 is 0 Å². The van der Waals surface area contributed by atoms with Gasteiger partial charge in [-0.3, -0.25) is 0 Å². The summed E-state index contributed by atoms with van der Waals surface area (Å²) in [6.45, 7) is 0. The van der Waals surface area contributed by atoms with Gasteiger partial charge >= 0.3 is 23.7 Å². The first-order chi connectivity index (χ1) is 9.48. The minimum atomic E-state index is -6.46. The van der Waals surface area contributed by atoms with Crippen molar-refractivity contribution in [3.05, 3.63) is 27.4 Å². The van der Waals surface area contributed by atoms with Crippen LogP contribution in [0.15, 0.2) is 4.79 Å². The highest BCUT2D eigenvalue weighted by atomic mass is 19.4. The Morgan fingerprint density at radius 2 is 1.52 bits per heavy atom. The Labute approximate surface area is 113 Å². The summed E-state index contributed by atoms with van der Waals surface area (Å²) in [7, 11) is 0. The molecular weight excluding hydrogens is 309 g/mol. The molecule has 1 aromatic rings. The van der Waals surface area contributed by atoms with Crippen molar-refractivity contribution in [2.75, 3.05) is 0 Å². The lowest BCUT2D eigenvalue weighted by Crippen LogP contribution is -2.51. The molecule has 118 valence electrons. The maximum absolute atomic E-state index is 13.7. The number of H-pyrrole nitrogens is 1. The number of hydrogen-bond acceptors (Lipinski definition) is 2. The van der Waals surface area contributed by atoms with Gasteiger partial charge in [0, 0.05) is 5.69 Å². The average Bonchev–Trinajstić information content (AvgIpc) is 2.36. The van der Waals surface area contributed by atoms with E-state index in [0.717, 1.165) is 0 Å². The van der Waals surface area contributed by atoms with Crippen LogP contribution >= 0.6 is 0 Å². The topological polar surface area (TPSA) is 45.8 Å². The molecule has 0 fully saturated rings. The number of aromatic nitrogens is 2. The fourth-order valence-electron chi connectivity index (χ4n) is 2.22. The predicted molar refractivity (Wildman–Crippen MR) is 56.4 cm³/mol. The highest BCUT2D eigenvalue weighted by Crippen LogP contribution is 2.52. The summed E-state index contributed by atoms with van der Waals surface area (Å²) in [5.41, 5.74) is -3.66. The van der Waals surface area contributed by atoms with Crippen molar-refractivity contribution in [2.24, 2.45) is 0 Å². The van der Waals surface area contributed by atoms with Crippen molar-refractivity contribution >= 4 is 0 Å². The van der Waals surface area contributed by atoms with Crippen LogP contribution in [0.2, 0.25) is 0 Å². The smallest absolute Gasteiger partial charge is 0.310 e. The van der Waals surface area contributed by atoms with Crippen molar-refractivity contribution < 1.29 is 30.7 Å². The molecule has 0 amide bonds. The van der Waals surface area contributed by atoms with E-state index in [0.29, 0.717) is 12.8 Å². The van der Waals surface area contributed by atoms with Gasteiger partial charge in [0.2, 0.25) is 0 Å². The van der Waals surface area contributed by atoms with Crippen molar-refractivity contribution in [2.45, 2.75) is 43.7 Å². The third-order valence-corrected chi connectivity index (χ3v) is 3.27. The number of halogens is 7. The predicted octanol–water partition coefficient (Wildman–Crippen LogP) is 2.94. The minimum Gasteiger partial charge on any atom is -0.310 e. The molecule has 1 heterocycles. The van der Waals surface area contributed by atoms with Gasteiger partial charge in [0.25, 0.3) is 0 Å². The largest absolute Gasteiger partial charge is 0.460 e. The van der Waals surface area contributed by atoms with Crippen LogP contribution in [0.25, 0.3) is 0 Å². The molecule has 0 radical (unpaired) electrons. The van der Waals surface area contributed by atoms with Gasteiger partial charge in [0.05, 0.1) is 0 Å². The number of alkyl halides is 7. The summed E-state index contributed by atoms with van der Waals surface area (Å²) in [5, 5.41) is 0. The zero-order chi connectivity index (χ0) is 16.1. The number of nitrogens with one attached hydrogen (secondary N) is 1. The van der Waals surface area contributed by atoms with Crippen molar-refractivity contribution in [1.82, 2.24) is 9.97 Å². The monoisotopic (exact) mass is 318 g/mol. The number of rotatable bonds is 2. The molecule has 0 spiro atoms. The van der Waals surface area contributed by atoms with E-state index in [9.17, 15) is 35.5 Å². The second-order valence-corrected chi connectivity index (χ2v) is 4.70. The van der Waals surface area contributed by atoms with Gasteiger partial charge in [-0.05, 0) is 31.2 Å². The Morgan fingerprint density at radius 1 is 0.952 bits per heavy atom. The molecule has 0 saturated heterocycles. The number of aryl methyl sites for hydroxylation is 1. The van der Waals surface area contributed by atoms with Gasteiger partial charge in [-0.1, -0.05) is 0 Å². The zero-order valence-electron chi connectivity index (χ0n) is 10.3. The van der Waals surface area contributed by atoms with Crippen LogP contribution in [-0.4, -0.2) is 22.1 Å². The molecule has 21 heavy (non-hydrogen) atoms. The Kier molecular flexibility index (Phi) is 3.53. The zero-order valence-corrected chi connectivity index (χ0v) is 10.3. The molecule has 0 atom stereocenters. The summed E-state index contributed by atoms with van der Waals surface area (Å²) in [6.07, 6.45) is -5.64. The third-order valence-electron chi connectivity index (χ3n) is 3.27. The Morgan fingerprint density at radius 3 is 2.10 bits per heavy atom. The van der Waals surface area contributed by atoms with E-state index < -0.39 is 35.0 Å². The lowest BCUT2D eigenvalue weighted by Gasteiger charge is -2.30. The van der Waals surface area contributed by atoms with Crippen molar-refractivity contribution in [3.63, 3.8) is 0 Å². The second kappa shape index (κ2) is 4.70. The summed E-state index contributed by atoms with van der Waals surface area (Å²) in [6, 6.07) is 0. The first kappa shape index (κ1) is 15.8. The van der Waals surface area contributed by atoms with E-state index in [1.807, 2.05) is 0 Å². The van der Waals surface area contributed by atoms with Crippen LogP contribution < -0.4 is 5.69 Å². The number of nitrogens with zero attached hydrogens (tertiary/aromatic N) is 1. The molecule has 1 N–H and O–H groups in total. The lowest BCUT2D eigenvalue weighted by atomic mass is 9.91. The summed E-state index contributed by atoms with van der Waals surface area (Å²) in [5.74, 6) is -11.9.